The van der Waals surface area contributed by atoms with Gasteiger partial charge in [-0.1, -0.05) is 41.1 Å². The molecule has 0 aliphatic heterocycles. The highest BCUT2D eigenvalue weighted by Crippen LogP contribution is 2.26. The van der Waals surface area contributed by atoms with E-state index < -0.39 is 0 Å². The Labute approximate surface area is 145 Å². The summed E-state index contributed by atoms with van der Waals surface area (Å²) < 4.78 is 7.41. The van der Waals surface area contributed by atoms with Gasteiger partial charge in [-0.15, -0.1) is 0 Å². The van der Waals surface area contributed by atoms with Gasteiger partial charge in [0.15, 0.2) is 0 Å². The summed E-state index contributed by atoms with van der Waals surface area (Å²) in [5, 5.41) is 8.47. The Balaban J connectivity index is 1.69. The van der Waals surface area contributed by atoms with Crippen LogP contribution in [0.4, 0.5) is 0 Å². The predicted molar refractivity (Wildman–Crippen MR) is 96.8 cm³/mol. The summed E-state index contributed by atoms with van der Waals surface area (Å²) in [6.07, 6.45) is 1.81. The Bertz CT molecular complexity index is 998. The smallest absolute Gasteiger partial charge is 0.258 e. The van der Waals surface area contributed by atoms with Crippen LogP contribution in [0.1, 0.15) is 12.5 Å². The molecule has 0 atom stereocenters. The third kappa shape index (κ3) is 2.96. The second kappa shape index (κ2) is 6.36. The minimum absolute atomic E-state index is 0.527. The summed E-state index contributed by atoms with van der Waals surface area (Å²) >= 11 is 0. The van der Waals surface area contributed by atoms with Crippen LogP contribution < -0.4 is 0 Å². The zero-order valence-corrected chi connectivity index (χ0v) is 14.2. The molecule has 0 fully saturated rings. The second-order valence-electron chi connectivity index (χ2n) is 5.90. The number of aryl methyl sites for hydroxylation is 2. The fraction of sp³-hybridized carbons (Fsp3) is 0.150. The molecule has 0 aliphatic carbocycles. The Morgan fingerprint density at radius 2 is 1.76 bits per heavy atom. The molecule has 5 nitrogen and oxygen atoms in total. The van der Waals surface area contributed by atoms with Crippen LogP contribution in [0.25, 0.3) is 34.1 Å². The van der Waals surface area contributed by atoms with Crippen LogP contribution in [0.3, 0.4) is 0 Å². The lowest BCUT2D eigenvalue weighted by atomic mass is 10.1. The molecule has 4 aromatic rings. The molecule has 0 radical (unpaired) electrons. The lowest BCUT2D eigenvalue weighted by molar-refractivity contribution is 0.432. The summed E-state index contributed by atoms with van der Waals surface area (Å²) in [6, 6.07) is 18.2. The largest absolute Gasteiger partial charge is 0.334 e. The van der Waals surface area contributed by atoms with Crippen LogP contribution >= 0.6 is 0 Å². The highest BCUT2D eigenvalue weighted by molar-refractivity contribution is 5.68. The van der Waals surface area contributed by atoms with Gasteiger partial charge >= 0.3 is 0 Å². The molecule has 124 valence electrons. The van der Waals surface area contributed by atoms with E-state index in [1.54, 1.807) is 0 Å². The Hall–Kier alpha value is -3.21. The molecule has 25 heavy (non-hydrogen) atoms. The number of benzene rings is 2. The monoisotopic (exact) mass is 330 g/mol. The van der Waals surface area contributed by atoms with Crippen molar-refractivity contribution >= 4 is 0 Å². The van der Waals surface area contributed by atoms with Gasteiger partial charge in [-0.3, -0.25) is 4.68 Å². The predicted octanol–water partition coefficient (Wildman–Crippen LogP) is 4.60. The Morgan fingerprint density at radius 3 is 2.56 bits per heavy atom. The molecule has 0 N–H and O–H groups in total. The number of hydrogen-bond donors (Lipinski definition) is 0. The van der Waals surface area contributed by atoms with Crippen LogP contribution in [-0.4, -0.2) is 19.9 Å². The summed E-state index contributed by atoms with van der Waals surface area (Å²) in [6.45, 7) is 4.95. The molecule has 5 heteroatoms. The van der Waals surface area contributed by atoms with E-state index in [1.165, 1.54) is 5.56 Å². The van der Waals surface area contributed by atoms with Gasteiger partial charge in [0.05, 0.1) is 5.69 Å². The fourth-order valence-corrected chi connectivity index (χ4v) is 2.80. The van der Waals surface area contributed by atoms with E-state index in [-0.39, 0.29) is 0 Å². The van der Waals surface area contributed by atoms with Crippen LogP contribution in [0.15, 0.2) is 65.3 Å². The number of aromatic nitrogens is 4. The average molecular weight is 330 g/mol. The SMILES string of the molecule is CCn1nccc1-c1cccc(-c2noc(-c3ccc(C)cc3)n2)c1. The zero-order valence-electron chi connectivity index (χ0n) is 14.2. The van der Waals surface area contributed by atoms with E-state index in [4.69, 9.17) is 4.52 Å². The van der Waals surface area contributed by atoms with E-state index in [2.05, 4.69) is 41.2 Å². The van der Waals surface area contributed by atoms with Crippen molar-refractivity contribution in [3.8, 4) is 34.1 Å². The molecule has 0 aliphatic rings. The average Bonchev–Trinajstić information content (AvgIpc) is 3.32. The highest BCUT2D eigenvalue weighted by Gasteiger charge is 2.12. The van der Waals surface area contributed by atoms with E-state index in [9.17, 15) is 0 Å². The Kier molecular flexibility index (Phi) is 3.90. The van der Waals surface area contributed by atoms with Gasteiger partial charge in [-0.25, -0.2) is 0 Å². The van der Waals surface area contributed by atoms with Crippen molar-refractivity contribution in [3.05, 3.63) is 66.4 Å². The van der Waals surface area contributed by atoms with Crippen molar-refractivity contribution in [2.24, 2.45) is 0 Å². The van der Waals surface area contributed by atoms with E-state index >= 15 is 0 Å². The minimum atomic E-state index is 0.527. The van der Waals surface area contributed by atoms with Crippen LogP contribution in [0, 0.1) is 6.92 Å². The maximum atomic E-state index is 5.44. The zero-order chi connectivity index (χ0) is 17.2. The topological polar surface area (TPSA) is 56.7 Å². The van der Waals surface area contributed by atoms with Crippen molar-refractivity contribution in [1.29, 1.82) is 0 Å². The van der Waals surface area contributed by atoms with Gasteiger partial charge in [0.25, 0.3) is 5.89 Å². The second-order valence-corrected chi connectivity index (χ2v) is 5.90. The first-order valence-electron chi connectivity index (χ1n) is 8.28. The van der Waals surface area contributed by atoms with Crippen molar-refractivity contribution in [1.82, 2.24) is 19.9 Å². The van der Waals surface area contributed by atoms with Crippen LogP contribution in [-0.2, 0) is 6.54 Å². The maximum Gasteiger partial charge on any atom is 0.258 e. The summed E-state index contributed by atoms with van der Waals surface area (Å²) in [5.41, 5.74) is 5.20. The molecule has 0 saturated heterocycles. The molecule has 4 rings (SSSR count). The molecule has 0 saturated carbocycles. The van der Waals surface area contributed by atoms with Gasteiger partial charge in [0.1, 0.15) is 0 Å². The standard InChI is InChI=1S/C20H18N4O/c1-3-24-18(11-12-21-24)16-5-4-6-17(13-16)19-22-20(25-23-19)15-9-7-14(2)8-10-15/h4-13H,3H2,1-2H3. The van der Waals surface area contributed by atoms with E-state index in [0.717, 1.165) is 28.9 Å². The first-order chi connectivity index (χ1) is 12.2. The lowest BCUT2D eigenvalue weighted by Crippen LogP contribution is -1.98. The molecular formula is C20H18N4O. The molecule has 2 aromatic carbocycles. The van der Waals surface area contributed by atoms with E-state index in [1.807, 2.05) is 53.3 Å². The molecule has 2 heterocycles. The molecular weight excluding hydrogens is 312 g/mol. The fourth-order valence-electron chi connectivity index (χ4n) is 2.80. The van der Waals surface area contributed by atoms with Crippen molar-refractivity contribution < 1.29 is 4.52 Å². The normalized spacial score (nSPS) is 11.0. The van der Waals surface area contributed by atoms with E-state index in [0.29, 0.717) is 11.7 Å². The van der Waals surface area contributed by atoms with Crippen LogP contribution in [0.5, 0.6) is 0 Å². The quantitative estimate of drug-likeness (QED) is 0.549. The lowest BCUT2D eigenvalue weighted by Gasteiger charge is -2.05. The molecule has 0 unspecified atom stereocenters. The summed E-state index contributed by atoms with van der Waals surface area (Å²) in [5.74, 6) is 1.11. The van der Waals surface area contributed by atoms with Gasteiger partial charge in [0, 0.05) is 29.4 Å². The van der Waals surface area contributed by atoms with Gasteiger partial charge in [-0.2, -0.15) is 10.1 Å². The Morgan fingerprint density at radius 1 is 0.960 bits per heavy atom. The number of rotatable bonds is 4. The third-order valence-electron chi connectivity index (χ3n) is 4.16. The van der Waals surface area contributed by atoms with Gasteiger partial charge in [-0.05, 0) is 38.1 Å². The van der Waals surface area contributed by atoms with Gasteiger partial charge < -0.3 is 4.52 Å². The highest BCUT2D eigenvalue weighted by atomic mass is 16.5. The van der Waals surface area contributed by atoms with Gasteiger partial charge in [0.2, 0.25) is 5.82 Å². The van der Waals surface area contributed by atoms with Crippen molar-refractivity contribution in [3.63, 3.8) is 0 Å². The summed E-state index contributed by atoms with van der Waals surface area (Å²) in [4.78, 5) is 4.55. The molecule has 0 bridgehead atoms. The molecule has 0 spiro atoms. The molecule has 2 aromatic heterocycles. The van der Waals surface area contributed by atoms with Crippen molar-refractivity contribution in [2.45, 2.75) is 20.4 Å². The van der Waals surface area contributed by atoms with Crippen LogP contribution in [0.2, 0.25) is 0 Å². The first-order valence-corrected chi connectivity index (χ1v) is 8.28. The minimum Gasteiger partial charge on any atom is -0.334 e. The molecule has 0 amide bonds. The third-order valence-corrected chi connectivity index (χ3v) is 4.16. The maximum absolute atomic E-state index is 5.44. The first kappa shape index (κ1) is 15.3. The van der Waals surface area contributed by atoms with Crippen molar-refractivity contribution in [2.75, 3.05) is 0 Å². The summed E-state index contributed by atoms with van der Waals surface area (Å²) in [7, 11) is 0. The number of hydrogen-bond acceptors (Lipinski definition) is 4. The number of nitrogens with zero attached hydrogens (tertiary/aromatic N) is 4.